The number of halogens is 1. The van der Waals surface area contributed by atoms with Crippen LogP contribution in [-0.4, -0.2) is 166 Å². The third-order valence-electron chi connectivity index (χ3n) is 13.7. The Morgan fingerprint density at radius 1 is 0.623 bits per heavy atom. The molecule has 1 N–H and O–H groups in total. The number of piperidine rings is 2. The number of fused-ring (bicyclic) bond motifs is 2. The number of hydrogen-bond donors (Lipinski definition) is 1. The molecule has 340 valence electrons. The molecule has 2 aromatic carbocycles. The van der Waals surface area contributed by atoms with Gasteiger partial charge in [0.05, 0.1) is 40.6 Å². The van der Waals surface area contributed by atoms with Crippen molar-refractivity contribution < 1.29 is 28.5 Å². The Balaban J connectivity index is 0.000000175. The lowest BCUT2D eigenvalue weighted by Gasteiger charge is -2.44. The number of morpholine rings is 2. The predicted molar refractivity (Wildman–Crippen MR) is 244 cm³/mol. The highest BCUT2D eigenvalue weighted by Crippen LogP contribution is 2.32. The van der Waals surface area contributed by atoms with Crippen molar-refractivity contribution in [2.75, 3.05) is 106 Å². The summed E-state index contributed by atoms with van der Waals surface area (Å²) >= 11 is 5.19. The first-order chi connectivity index (χ1) is 29.8. The van der Waals surface area contributed by atoms with Gasteiger partial charge in [0.25, 0.3) is 0 Å². The van der Waals surface area contributed by atoms with E-state index in [0.29, 0.717) is 57.6 Å². The summed E-state index contributed by atoms with van der Waals surface area (Å²) in [5.41, 5.74) is 5.96. The van der Waals surface area contributed by atoms with Gasteiger partial charge in [-0.2, -0.15) is 0 Å². The fourth-order valence-electron chi connectivity index (χ4n) is 10.3. The summed E-state index contributed by atoms with van der Waals surface area (Å²) in [4.78, 5) is 34.4. The lowest BCUT2D eigenvalue weighted by Crippen LogP contribution is -2.54. The number of carbonyl (C=O) groups excluding carboxylic acids is 2. The highest BCUT2D eigenvalue weighted by Gasteiger charge is 2.34. The molecule has 3 amide bonds. The minimum atomic E-state index is -0.377. The number of hydrogen-bond acceptors (Lipinski definition) is 9. The third kappa shape index (κ3) is 13.4. The van der Waals surface area contributed by atoms with Crippen LogP contribution >= 0.6 is 11.6 Å². The first-order valence-electron chi connectivity index (χ1n) is 23.5. The standard InChI is InChI=1S/C24H37N3O3.C19H30N2O.C5H8ClNO2/c1-3-10-27(22-6-4-19-5-7-23(29-2)18-20(19)17-22)21-8-11-25(12-9-21)24(28)26-13-15-30-16-14-26;1-3-12-21(17-8-10-20-11-9-17)18-6-4-15-5-7-19(22-2)14-16(15)13-18;6-5(8)7-1-3-9-4-2-7/h5,7,18,21-22H,3-4,6,8-17H2,1-2H3;5,7,14,17-18,20H,3-4,6,8-13H2,1-2H3;1-4H2. The van der Waals surface area contributed by atoms with Gasteiger partial charge in [-0.05, 0) is 161 Å². The van der Waals surface area contributed by atoms with Crippen molar-refractivity contribution in [1.82, 2.24) is 29.8 Å². The van der Waals surface area contributed by atoms with Crippen LogP contribution in [0.25, 0.3) is 0 Å². The minimum Gasteiger partial charge on any atom is -0.497 e. The lowest BCUT2D eigenvalue weighted by molar-refractivity contribution is 0.0330. The minimum absolute atomic E-state index is 0.206. The molecule has 0 radical (unpaired) electrons. The smallest absolute Gasteiger partial charge is 0.320 e. The van der Waals surface area contributed by atoms with Crippen molar-refractivity contribution in [2.24, 2.45) is 0 Å². The molecule has 6 aliphatic rings. The summed E-state index contributed by atoms with van der Waals surface area (Å²) in [6.07, 6.45) is 14.4. The van der Waals surface area contributed by atoms with Crippen molar-refractivity contribution in [3.05, 3.63) is 58.7 Å². The molecule has 4 saturated heterocycles. The Morgan fingerprint density at radius 2 is 1.07 bits per heavy atom. The van der Waals surface area contributed by atoms with Crippen molar-refractivity contribution >= 4 is 23.0 Å². The van der Waals surface area contributed by atoms with E-state index in [9.17, 15) is 9.59 Å². The summed E-state index contributed by atoms with van der Waals surface area (Å²) in [5.74, 6) is 1.97. The van der Waals surface area contributed by atoms with Crippen LogP contribution in [0.1, 0.15) is 87.5 Å². The first-order valence-corrected chi connectivity index (χ1v) is 23.9. The number of nitrogens with one attached hydrogen (secondary N) is 1. The average molecular weight is 868 g/mol. The van der Waals surface area contributed by atoms with E-state index in [0.717, 1.165) is 75.9 Å². The number of benzene rings is 2. The molecule has 0 saturated carbocycles. The number of nitrogens with zero attached hydrogens (tertiary/aromatic N) is 5. The van der Waals surface area contributed by atoms with Gasteiger partial charge in [0.2, 0.25) is 0 Å². The molecule has 0 aromatic heterocycles. The molecule has 0 spiro atoms. The van der Waals surface area contributed by atoms with Gasteiger partial charge in [-0.3, -0.25) is 14.6 Å². The van der Waals surface area contributed by atoms with Gasteiger partial charge in [0.1, 0.15) is 11.5 Å². The number of methoxy groups -OCH3 is 2. The maximum atomic E-state index is 12.8. The predicted octanol–water partition coefficient (Wildman–Crippen LogP) is 6.88. The van der Waals surface area contributed by atoms with E-state index in [4.69, 9.17) is 30.5 Å². The zero-order valence-corrected chi connectivity index (χ0v) is 38.5. The van der Waals surface area contributed by atoms with Gasteiger partial charge in [0.15, 0.2) is 0 Å². The van der Waals surface area contributed by atoms with Gasteiger partial charge in [-0.25, -0.2) is 4.79 Å². The Bertz CT molecular complexity index is 1640. The molecule has 4 heterocycles. The number of urea groups is 1. The first kappa shape index (κ1) is 47.4. The van der Waals surface area contributed by atoms with E-state index < -0.39 is 0 Å². The number of aryl methyl sites for hydroxylation is 2. The van der Waals surface area contributed by atoms with Gasteiger partial charge >= 0.3 is 11.4 Å². The second-order valence-corrected chi connectivity index (χ2v) is 17.8. The van der Waals surface area contributed by atoms with Crippen molar-refractivity contribution in [2.45, 2.75) is 115 Å². The molecular formula is C48H75ClN6O6. The molecule has 4 aliphatic heterocycles. The van der Waals surface area contributed by atoms with Gasteiger partial charge in [-0.1, -0.05) is 26.0 Å². The molecule has 2 aliphatic carbocycles. The highest BCUT2D eigenvalue weighted by molar-refractivity contribution is 6.62. The quantitative estimate of drug-likeness (QED) is 0.203. The van der Waals surface area contributed by atoms with Crippen LogP contribution in [0.4, 0.5) is 9.59 Å². The summed E-state index contributed by atoms with van der Waals surface area (Å²) in [6.45, 7) is 16.4. The largest absolute Gasteiger partial charge is 0.497 e. The Kier molecular flexibility index (Phi) is 19.1. The SMILES string of the molecule is CCCN(C1CCN(C(=O)N2CCOCC2)CC1)C1CCc2ccc(OC)cc2C1.CCCN(C1CCNCC1)C1CCc2ccc(OC)cc2C1.O=C(Cl)N1CCOCC1. The van der Waals surface area contributed by atoms with Crippen molar-refractivity contribution in [3.8, 4) is 11.5 Å². The van der Waals surface area contributed by atoms with E-state index in [1.807, 2.05) is 4.90 Å². The van der Waals surface area contributed by atoms with E-state index in [2.05, 4.69) is 70.3 Å². The molecule has 8 rings (SSSR count). The van der Waals surface area contributed by atoms with E-state index in [1.54, 1.807) is 19.1 Å². The summed E-state index contributed by atoms with van der Waals surface area (Å²) < 4.78 is 21.3. The number of likely N-dealkylation sites (tertiary alicyclic amines) is 1. The lowest BCUT2D eigenvalue weighted by atomic mass is 9.86. The Morgan fingerprint density at radius 3 is 1.49 bits per heavy atom. The molecular weight excluding hydrogens is 792 g/mol. The second kappa shape index (κ2) is 24.6. The van der Waals surface area contributed by atoms with Crippen LogP contribution in [0.2, 0.25) is 0 Å². The number of amides is 3. The summed E-state index contributed by atoms with van der Waals surface area (Å²) in [5, 5.41) is 3.13. The zero-order valence-electron chi connectivity index (χ0n) is 37.7. The van der Waals surface area contributed by atoms with Crippen LogP contribution in [0, 0.1) is 0 Å². The normalized spacial score (nSPS) is 22.3. The van der Waals surface area contributed by atoms with Crippen LogP contribution in [0.3, 0.4) is 0 Å². The van der Waals surface area contributed by atoms with E-state index >= 15 is 0 Å². The number of ether oxygens (including phenoxy) is 4. The summed E-state index contributed by atoms with van der Waals surface area (Å²) in [7, 11) is 3.51. The van der Waals surface area contributed by atoms with Crippen LogP contribution in [-0.2, 0) is 35.2 Å². The fraction of sp³-hybridized carbons (Fsp3) is 0.708. The van der Waals surface area contributed by atoms with Crippen LogP contribution in [0.15, 0.2) is 36.4 Å². The maximum Gasteiger partial charge on any atom is 0.320 e. The molecule has 2 unspecified atom stereocenters. The molecule has 12 nitrogen and oxygen atoms in total. The number of carbonyl (C=O) groups is 2. The van der Waals surface area contributed by atoms with Crippen molar-refractivity contribution in [1.29, 1.82) is 0 Å². The summed E-state index contributed by atoms with van der Waals surface area (Å²) in [6, 6.07) is 16.1. The second-order valence-electron chi connectivity index (χ2n) is 17.5. The van der Waals surface area contributed by atoms with Crippen LogP contribution in [0.5, 0.6) is 11.5 Å². The third-order valence-corrected chi connectivity index (χ3v) is 13.9. The number of rotatable bonds is 10. The monoisotopic (exact) mass is 867 g/mol. The van der Waals surface area contributed by atoms with Gasteiger partial charge in [0, 0.05) is 63.4 Å². The van der Waals surface area contributed by atoms with Gasteiger partial charge < -0.3 is 39.0 Å². The fourth-order valence-corrected chi connectivity index (χ4v) is 10.5. The highest BCUT2D eigenvalue weighted by atomic mass is 35.5. The topological polar surface area (TPSA) is 99.3 Å². The molecule has 2 aromatic rings. The van der Waals surface area contributed by atoms with E-state index in [-0.39, 0.29) is 11.4 Å². The molecule has 0 bridgehead atoms. The molecule has 13 heteroatoms. The van der Waals surface area contributed by atoms with Gasteiger partial charge in [-0.15, -0.1) is 0 Å². The molecule has 61 heavy (non-hydrogen) atoms. The van der Waals surface area contributed by atoms with Crippen molar-refractivity contribution in [3.63, 3.8) is 0 Å². The van der Waals surface area contributed by atoms with Crippen LogP contribution < -0.4 is 14.8 Å². The molecule has 2 atom stereocenters. The Hall–Kier alpha value is -3.13. The molecule has 4 fully saturated rings. The average Bonchev–Trinajstić information content (AvgIpc) is 3.32. The zero-order chi connectivity index (χ0) is 43.0. The maximum absolute atomic E-state index is 12.8. The Labute approximate surface area is 371 Å². The van der Waals surface area contributed by atoms with E-state index in [1.165, 1.54) is 93.3 Å².